The van der Waals surface area contributed by atoms with Gasteiger partial charge in [0.15, 0.2) is 5.72 Å². The zero-order valence-electron chi connectivity index (χ0n) is 11.9. The van der Waals surface area contributed by atoms with E-state index in [9.17, 15) is 5.11 Å². The van der Waals surface area contributed by atoms with Crippen LogP contribution in [0.25, 0.3) is 0 Å². The molecule has 0 saturated carbocycles. The van der Waals surface area contributed by atoms with Gasteiger partial charge in [0.05, 0.1) is 0 Å². The fourth-order valence-corrected chi connectivity index (χ4v) is 3.41. The molecule has 0 fully saturated rings. The second-order valence-corrected chi connectivity index (χ2v) is 5.73. The Morgan fingerprint density at radius 2 is 1.76 bits per heavy atom. The Morgan fingerprint density at radius 3 is 2.62 bits per heavy atom. The summed E-state index contributed by atoms with van der Waals surface area (Å²) in [6.45, 7) is 1.68. The maximum absolute atomic E-state index is 11.4. The largest absolute Gasteiger partial charge is 0.366 e. The van der Waals surface area contributed by atoms with Crippen LogP contribution in [0.5, 0.6) is 0 Å². The Hall–Kier alpha value is -2.13. The first-order valence-corrected chi connectivity index (χ1v) is 7.47. The van der Waals surface area contributed by atoms with Crippen LogP contribution in [0.1, 0.15) is 23.1 Å². The van der Waals surface area contributed by atoms with Gasteiger partial charge in [-0.05, 0) is 12.0 Å². The van der Waals surface area contributed by atoms with Gasteiger partial charge < -0.3 is 10.0 Å². The molecule has 2 aromatic carbocycles. The summed E-state index contributed by atoms with van der Waals surface area (Å²) < 4.78 is 0. The first-order chi connectivity index (χ1) is 10.3. The number of aliphatic imine (C=N–C) groups is 1. The minimum Gasteiger partial charge on any atom is -0.366 e. The normalized spacial score (nSPS) is 24.0. The molecule has 2 aromatic rings. The highest BCUT2D eigenvalue weighted by atomic mass is 16.3. The maximum atomic E-state index is 11.4. The van der Waals surface area contributed by atoms with E-state index in [2.05, 4.69) is 17.0 Å². The standard InChI is InChI=1S/C18H18N2O/c21-18(15-8-2-1-3-9-15)13-14-7-4-5-10-16(14)17-19-11-6-12-20(17)18/h1-5,7-10,21H,6,11-13H2. The van der Waals surface area contributed by atoms with E-state index < -0.39 is 5.72 Å². The molecule has 2 aliphatic heterocycles. The van der Waals surface area contributed by atoms with Crippen molar-refractivity contribution in [1.82, 2.24) is 4.90 Å². The third-order valence-electron chi connectivity index (χ3n) is 4.43. The second kappa shape index (κ2) is 4.71. The molecule has 2 aliphatic rings. The van der Waals surface area contributed by atoms with Gasteiger partial charge in [-0.3, -0.25) is 4.99 Å². The van der Waals surface area contributed by atoms with Gasteiger partial charge in [-0.2, -0.15) is 0 Å². The average molecular weight is 278 g/mol. The summed E-state index contributed by atoms with van der Waals surface area (Å²) in [5.41, 5.74) is 2.28. The number of fused-ring (bicyclic) bond motifs is 3. The van der Waals surface area contributed by atoms with Gasteiger partial charge >= 0.3 is 0 Å². The van der Waals surface area contributed by atoms with Gasteiger partial charge in [-0.15, -0.1) is 0 Å². The van der Waals surface area contributed by atoms with E-state index in [0.29, 0.717) is 6.42 Å². The summed E-state index contributed by atoms with van der Waals surface area (Å²) in [5, 5.41) is 11.4. The molecule has 0 bridgehead atoms. The minimum atomic E-state index is -0.991. The Bertz CT molecular complexity index is 695. The molecule has 2 heterocycles. The first kappa shape index (κ1) is 12.6. The van der Waals surface area contributed by atoms with Crippen molar-refractivity contribution >= 4 is 5.84 Å². The molecule has 0 aliphatic carbocycles. The van der Waals surface area contributed by atoms with Crippen molar-refractivity contribution < 1.29 is 5.11 Å². The fraction of sp³-hybridized carbons (Fsp3) is 0.278. The van der Waals surface area contributed by atoms with Gasteiger partial charge in [-0.1, -0.05) is 54.6 Å². The Balaban J connectivity index is 1.91. The van der Waals surface area contributed by atoms with Gasteiger partial charge in [-0.25, -0.2) is 0 Å². The summed E-state index contributed by atoms with van der Waals surface area (Å²) in [6, 6.07) is 18.2. The highest BCUT2D eigenvalue weighted by Crippen LogP contribution is 2.38. The van der Waals surface area contributed by atoms with Crippen molar-refractivity contribution in [2.75, 3.05) is 13.1 Å². The maximum Gasteiger partial charge on any atom is 0.169 e. The van der Waals surface area contributed by atoms with E-state index in [-0.39, 0.29) is 0 Å². The zero-order valence-corrected chi connectivity index (χ0v) is 11.9. The molecule has 0 aromatic heterocycles. The topological polar surface area (TPSA) is 35.8 Å². The average Bonchev–Trinajstić information content (AvgIpc) is 2.56. The summed E-state index contributed by atoms with van der Waals surface area (Å²) >= 11 is 0. The van der Waals surface area contributed by atoms with E-state index in [0.717, 1.165) is 36.5 Å². The van der Waals surface area contributed by atoms with E-state index >= 15 is 0 Å². The minimum absolute atomic E-state index is 0.603. The summed E-state index contributed by atoms with van der Waals surface area (Å²) in [4.78, 5) is 6.77. The van der Waals surface area contributed by atoms with Gasteiger partial charge in [0.25, 0.3) is 0 Å². The lowest BCUT2D eigenvalue weighted by Gasteiger charge is -2.47. The number of hydrogen-bond donors (Lipinski definition) is 1. The van der Waals surface area contributed by atoms with Crippen molar-refractivity contribution in [2.45, 2.75) is 18.6 Å². The third kappa shape index (κ3) is 1.88. The highest BCUT2D eigenvalue weighted by molar-refractivity contribution is 6.02. The molecule has 1 unspecified atom stereocenters. The molecule has 106 valence electrons. The van der Waals surface area contributed by atoms with Crippen molar-refractivity contribution in [3.63, 3.8) is 0 Å². The molecule has 1 N–H and O–H groups in total. The molecule has 0 amide bonds. The SMILES string of the molecule is OC1(c2ccccc2)Cc2ccccc2C2=NCCCN21. The predicted octanol–water partition coefficient (Wildman–Crippen LogP) is 2.54. The molecular formula is C18H18N2O. The van der Waals surface area contributed by atoms with Crippen molar-refractivity contribution in [3.8, 4) is 0 Å². The number of amidine groups is 1. The molecule has 3 heteroatoms. The van der Waals surface area contributed by atoms with E-state index in [1.807, 2.05) is 42.5 Å². The van der Waals surface area contributed by atoms with Crippen LogP contribution in [0.2, 0.25) is 0 Å². The van der Waals surface area contributed by atoms with Crippen molar-refractivity contribution in [2.24, 2.45) is 4.99 Å². The molecule has 0 radical (unpaired) electrons. The first-order valence-electron chi connectivity index (χ1n) is 7.47. The number of hydrogen-bond acceptors (Lipinski definition) is 3. The molecule has 0 saturated heterocycles. The van der Waals surface area contributed by atoms with Crippen LogP contribution in [-0.2, 0) is 12.1 Å². The Labute approximate surface area is 124 Å². The van der Waals surface area contributed by atoms with E-state index in [1.165, 1.54) is 5.56 Å². The van der Waals surface area contributed by atoms with Crippen LogP contribution in [0.15, 0.2) is 59.6 Å². The van der Waals surface area contributed by atoms with Gasteiger partial charge in [0, 0.05) is 30.6 Å². The number of benzene rings is 2. The molecule has 4 rings (SSSR count). The Morgan fingerprint density at radius 1 is 1.00 bits per heavy atom. The van der Waals surface area contributed by atoms with E-state index in [1.54, 1.807) is 0 Å². The summed E-state index contributed by atoms with van der Waals surface area (Å²) in [6.07, 6.45) is 1.59. The second-order valence-electron chi connectivity index (χ2n) is 5.73. The van der Waals surface area contributed by atoms with Gasteiger partial charge in [0.1, 0.15) is 5.84 Å². The monoisotopic (exact) mass is 278 g/mol. The molecular weight excluding hydrogens is 260 g/mol. The predicted molar refractivity (Wildman–Crippen MR) is 83.2 cm³/mol. The molecule has 0 spiro atoms. The van der Waals surface area contributed by atoms with Crippen LogP contribution in [0.4, 0.5) is 0 Å². The third-order valence-corrected chi connectivity index (χ3v) is 4.43. The zero-order chi connectivity index (χ0) is 14.3. The molecule has 3 nitrogen and oxygen atoms in total. The lowest BCUT2D eigenvalue weighted by atomic mass is 9.85. The fourth-order valence-electron chi connectivity index (χ4n) is 3.41. The molecule has 21 heavy (non-hydrogen) atoms. The van der Waals surface area contributed by atoms with Crippen LogP contribution in [-0.4, -0.2) is 28.9 Å². The quantitative estimate of drug-likeness (QED) is 0.870. The van der Waals surface area contributed by atoms with Gasteiger partial charge in [0.2, 0.25) is 0 Å². The van der Waals surface area contributed by atoms with Crippen LogP contribution in [0, 0.1) is 0 Å². The lowest BCUT2D eigenvalue weighted by Crippen LogP contribution is -2.56. The van der Waals surface area contributed by atoms with E-state index in [4.69, 9.17) is 4.99 Å². The number of rotatable bonds is 1. The van der Waals surface area contributed by atoms with Crippen LogP contribution < -0.4 is 0 Å². The van der Waals surface area contributed by atoms with Crippen molar-refractivity contribution in [3.05, 3.63) is 71.3 Å². The number of aliphatic hydroxyl groups is 1. The highest BCUT2D eigenvalue weighted by Gasteiger charge is 2.43. The smallest absolute Gasteiger partial charge is 0.169 e. The summed E-state index contributed by atoms with van der Waals surface area (Å²) in [7, 11) is 0. The lowest BCUT2D eigenvalue weighted by molar-refractivity contribution is -0.0819. The number of nitrogens with zero attached hydrogens (tertiary/aromatic N) is 2. The Kier molecular flexibility index (Phi) is 2.82. The molecule has 1 atom stereocenters. The van der Waals surface area contributed by atoms with Crippen molar-refractivity contribution in [1.29, 1.82) is 0 Å². The van der Waals surface area contributed by atoms with Crippen LogP contribution in [0.3, 0.4) is 0 Å². The summed E-state index contributed by atoms with van der Waals surface area (Å²) in [5.74, 6) is 0.939. The van der Waals surface area contributed by atoms with Crippen LogP contribution >= 0.6 is 0 Å².